The van der Waals surface area contributed by atoms with E-state index in [1.807, 2.05) is 0 Å². The zero-order chi connectivity index (χ0) is 24.2. The van der Waals surface area contributed by atoms with Crippen LogP contribution in [0.3, 0.4) is 0 Å². The van der Waals surface area contributed by atoms with E-state index in [9.17, 15) is 27.7 Å². The number of amides is 2. The van der Waals surface area contributed by atoms with Crippen LogP contribution < -0.4 is 10.6 Å². The summed E-state index contributed by atoms with van der Waals surface area (Å²) in [5.74, 6) is -4.76. The number of benzene rings is 1. The molecule has 174 valence electrons. The van der Waals surface area contributed by atoms with Gasteiger partial charge in [0, 0.05) is 31.0 Å². The quantitative estimate of drug-likeness (QED) is 0.188. The Labute approximate surface area is 181 Å². The number of rotatable bonds is 9. The molecular formula is C19H22F2N3O7P. The van der Waals surface area contributed by atoms with Gasteiger partial charge in [-0.15, -0.1) is 0 Å². The highest BCUT2D eigenvalue weighted by Crippen LogP contribution is 2.35. The maximum Gasteiger partial charge on any atom is 0.469 e. The molecule has 13 heteroatoms. The first-order chi connectivity index (χ1) is 14.8. The number of halogens is 2. The van der Waals surface area contributed by atoms with Gasteiger partial charge in [0.25, 0.3) is 17.6 Å². The Kier molecular flexibility index (Phi) is 8.02. The van der Waals surface area contributed by atoms with E-state index in [1.165, 1.54) is 31.5 Å². The molecule has 4 N–H and O–H groups in total. The van der Waals surface area contributed by atoms with Crippen LogP contribution in [0.25, 0.3) is 0 Å². The highest BCUT2D eigenvalue weighted by atomic mass is 31.2. The molecule has 0 bridgehead atoms. The lowest BCUT2D eigenvalue weighted by Crippen LogP contribution is -2.32. The van der Waals surface area contributed by atoms with Crippen molar-refractivity contribution in [1.82, 2.24) is 9.88 Å². The number of carbonyl (C=O) groups is 3. The topological polar surface area (TPSA) is 147 Å². The molecule has 1 aromatic carbocycles. The summed E-state index contributed by atoms with van der Waals surface area (Å²) in [6.07, 6.45) is 0.0543. The molecule has 0 saturated carbocycles. The minimum atomic E-state index is -4.61. The number of phosphoric acid groups is 1. The van der Waals surface area contributed by atoms with Crippen molar-refractivity contribution in [1.29, 1.82) is 0 Å². The second kappa shape index (κ2) is 10.1. The van der Waals surface area contributed by atoms with Crippen molar-refractivity contribution in [3.63, 3.8) is 0 Å². The number of nitrogens with zero attached hydrogens (tertiary/aromatic N) is 1. The normalized spacial score (nSPS) is 11.3. The monoisotopic (exact) mass is 473 g/mol. The summed E-state index contributed by atoms with van der Waals surface area (Å²) >= 11 is 0. The average molecular weight is 473 g/mol. The van der Waals surface area contributed by atoms with Gasteiger partial charge in [-0.05, 0) is 38.0 Å². The molecule has 1 heterocycles. The number of hydrogen-bond donors (Lipinski definition) is 4. The van der Waals surface area contributed by atoms with Crippen LogP contribution in [-0.4, -0.2) is 45.1 Å². The molecule has 10 nitrogen and oxygen atoms in total. The Morgan fingerprint density at radius 2 is 1.81 bits per heavy atom. The van der Waals surface area contributed by atoms with Crippen molar-refractivity contribution in [2.45, 2.75) is 20.3 Å². The van der Waals surface area contributed by atoms with Crippen molar-refractivity contribution in [2.24, 2.45) is 7.05 Å². The molecule has 0 fully saturated rings. The van der Waals surface area contributed by atoms with Crippen LogP contribution in [0, 0.1) is 25.5 Å². The Balaban J connectivity index is 2.13. The molecule has 2 amide bonds. The van der Waals surface area contributed by atoms with Crippen LogP contribution in [0.4, 0.5) is 14.5 Å². The predicted molar refractivity (Wildman–Crippen MR) is 109 cm³/mol. The second-order valence-corrected chi connectivity index (χ2v) is 8.08. The van der Waals surface area contributed by atoms with E-state index in [0.717, 1.165) is 12.1 Å². The third-order valence-electron chi connectivity index (χ3n) is 4.62. The Morgan fingerprint density at radius 3 is 2.41 bits per heavy atom. The molecule has 0 aliphatic heterocycles. The first-order valence-electron chi connectivity index (χ1n) is 9.28. The third kappa shape index (κ3) is 6.07. The molecule has 2 rings (SSSR count). The van der Waals surface area contributed by atoms with E-state index in [0.29, 0.717) is 5.69 Å². The number of aromatic nitrogens is 1. The van der Waals surface area contributed by atoms with E-state index in [4.69, 9.17) is 9.79 Å². The van der Waals surface area contributed by atoms with E-state index in [2.05, 4.69) is 15.2 Å². The van der Waals surface area contributed by atoms with Crippen LogP contribution in [0.15, 0.2) is 18.2 Å². The van der Waals surface area contributed by atoms with E-state index in [-0.39, 0.29) is 42.1 Å². The highest BCUT2D eigenvalue weighted by molar-refractivity contribution is 7.46. The fourth-order valence-electron chi connectivity index (χ4n) is 3.05. The van der Waals surface area contributed by atoms with Crippen LogP contribution in [0.2, 0.25) is 0 Å². The van der Waals surface area contributed by atoms with E-state index < -0.39 is 37.1 Å². The summed E-state index contributed by atoms with van der Waals surface area (Å²) in [5, 5.41) is 4.74. The van der Waals surface area contributed by atoms with Crippen molar-refractivity contribution >= 4 is 31.1 Å². The number of nitrogens with one attached hydrogen (secondary N) is 2. The van der Waals surface area contributed by atoms with Crippen LogP contribution >= 0.6 is 7.82 Å². The van der Waals surface area contributed by atoms with E-state index in [1.54, 1.807) is 0 Å². The van der Waals surface area contributed by atoms with Gasteiger partial charge in [-0.25, -0.2) is 13.3 Å². The van der Waals surface area contributed by atoms with Gasteiger partial charge in [0.1, 0.15) is 5.69 Å². The van der Waals surface area contributed by atoms with Gasteiger partial charge in [-0.2, -0.15) is 0 Å². The average Bonchev–Trinajstić information content (AvgIpc) is 2.91. The number of hydrogen-bond acceptors (Lipinski definition) is 5. The van der Waals surface area contributed by atoms with Crippen molar-refractivity contribution < 1.29 is 42.0 Å². The molecule has 0 unspecified atom stereocenters. The zero-order valence-electron chi connectivity index (χ0n) is 17.4. The Hall–Kier alpha value is -2.92. The summed E-state index contributed by atoms with van der Waals surface area (Å²) in [4.78, 5) is 54.7. The smallest absolute Gasteiger partial charge is 0.349 e. The van der Waals surface area contributed by atoms with Crippen molar-refractivity contribution in [3.8, 4) is 0 Å². The van der Waals surface area contributed by atoms with Gasteiger partial charge in [0.2, 0.25) is 0 Å². The summed E-state index contributed by atoms with van der Waals surface area (Å²) in [6.45, 7) is 2.62. The Morgan fingerprint density at radius 1 is 1.16 bits per heavy atom. The molecule has 0 aliphatic rings. The van der Waals surface area contributed by atoms with Gasteiger partial charge in [-0.3, -0.25) is 18.9 Å². The highest BCUT2D eigenvalue weighted by Gasteiger charge is 2.28. The lowest BCUT2D eigenvalue weighted by atomic mass is 10.0. The lowest BCUT2D eigenvalue weighted by Gasteiger charge is -2.08. The molecule has 2 aromatic rings. The molecule has 0 saturated heterocycles. The molecule has 0 radical (unpaired) electrons. The number of phosphoric ester groups is 1. The summed E-state index contributed by atoms with van der Waals surface area (Å²) in [5.41, 5.74) is 0.624. The summed E-state index contributed by atoms with van der Waals surface area (Å²) in [7, 11) is -3.10. The fourth-order valence-corrected chi connectivity index (χ4v) is 3.42. The minimum Gasteiger partial charge on any atom is -0.349 e. The summed E-state index contributed by atoms with van der Waals surface area (Å²) < 4.78 is 42.7. The predicted octanol–water partition coefficient (Wildman–Crippen LogP) is 1.97. The molecule has 0 spiro atoms. The van der Waals surface area contributed by atoms with Gasteiger partial charge in [-0.1, -0.05) is 0 Å². The molecular weight excluding hydrogens is 451 g/mol. The maximum absolute atomic E-state index is 13.4. The molecule has 32 heavy (non-hydrogen) atoms. The number of ketones is 1. The third-order valence-corrected chi connectivity index (χ3v) is 5.14. The van der Waals surface area contributed by atoms with Gasteiger partial charge < -0.3 is 25.0 Å². The molecule has 0 atom stereocenters. The fraction of sp³-hybridized carbons (Fsp3) is 0.316. The van der Waals surface area contributed by atoms with Gasteiger partial charge in [0.15, 0.2) is 11.6 Å². The molecule has 1 aromatic heterocycles. The molecule has 0 aliphatic carbocycles. The SMILES string of the molecule is Cc1c(C(=O)C(=O)NCCCOP(=O)(O)O)c(C)n(C)c1C(=O)Nc1ccc(F)c(F)c1. The first kappa shape index (κ1) is 25.3. The van der Waals surface area contributed by atoms with Gasteiger partial charge in [0.05, 0.1) is 12.2 Å². The van der Waals surface area contributed by atoms with E-state index >= 15 is 0 Å². The van der Waals surface area contributed by atoms with Crippen LogP contribution in [-0.2, 0) is 20.9 Å². The second-order valence-electron chi connectivity index (χ2n) is 6.84. The van der Waals surface area contributed by atoms with Gasteiger partial charge >= 0.3 is 7.82 Å². The van der Waals surface area contributed by atoms with Crippen LogP contribution in [0.1, 0.15) is 38.5 Å². The maximum atomic E-state index is 13.4. The number of carbonyl (C=O) groups excluding carboxylic acids is 3. The first-order valence-corrected chi connectivity index (χ1v) is 10.8. The van der Waals surface area contributed by atoms with Crippen molar-refractivity contribution in [2.75, 3.05) is 18.5 Å². The largest absolute Gasteiger partial charge is 0.469 e. The zero-order valence-corrected chi connectivity index (χ0v) is 18.3. The summed E-state index contributed by atoms with van der Waals surface area (Å²) in [6, 6.07) is 2.85. The van der Waals surface area contributed by atoms with Crippen LogP contribution in [0.5, 0.6) is 0 Å². The standard InChI is InChI=1S/C19H22F2N3O7P/c1-10-15(17(25)19(27)22-7-4-8-31-32(28,29)30)11(2)24(3)16(10)18(26)23-12-5-6-13(20)14(21)9-12/h5-6,9H,4,7-8H2,1-3H3,(H,22,27)(H,23,26)(H2,28,29,30). The number of Topliss-reactive ketones (excluding diaryl/α,β-unsaturated/α-hetero) is 1. The lowest BCUT2D eigenvalue weighted by molar-refractivity contribution is -0.117. The van der Waals surface area contributed by atoms with Crippen molar-refractivity contribution in [3.05, 3.63) is 52.3 Å². The minimum absolute atomic E-state index is 0.00639. The Bertz CT molecular complexity index is 1110. The number of anilines is 1.